The largest absolute Gasteiger partial charge is 0.504 e. The molecule has 2 bridgehead atoms. The van der Waals surface area contributed by atoms with Crippen LogP contribution in [-0.4, -0.2) is 57.9 Å². The summed E-state index contributed by atoms with van der Waals surface area (Å²) in [7, 11) is 0. The third-order valence-electron chi connectivity index (χ3n) is 8.15. The fourth-order valence-electron chi connectivity index (χ4n) is 6.89. The van der Waals surface area contributed by atoms with Gasteiger partial charge in [0.25, 0.3) is 0 Å². The van der Waals surface area contributed by atoms with Gasteiger partial charge < -0.3 is 20.3 Å². The molecule has 1 aromatic rings. The second-order valence-electron chi connectivity index (χ2n) is 9.64. The molecule has 6 rings (SSSR count). The van der Waals surface area contributed by atoms with Crippen LogP contribution in [0.15, 0.2) is 12.1 Å². The van der Waals surface area contributed by atoms with Crippen LogP contribution in [0.3, 0.4) is 0 Å². The van der Waals surface area contributed by atoms with Crippen LogP contribution >= 0.6 is 0 Å². The molecule has 1 aromatic carbocycles. The topological polar surface area (TPSA) is 82.0 Å². The molecule has 0 aromatic heterocycles. The Kier molecular flexibility index (Phi) is 3.31. The summed E-state index contributed by atoms with van der Waals surface area (Å²) in [6.07, 6.45) is 5.22. The van der Waals surface area contributed by atoms with Gasteiger partial charge in [0.1, 0.15) is 6.10 Å². The van der Waals surface area contributed by atoms with Gasteiger partial charge in [0.15, 0.2) is 11.5 Å². The number of aliphatic hydroxyl groups is 1. The highest BCUT2D eigenvalue weighted by molar-refractivity contribution is 5.73. The molecule has 1 spiro atoms. The number of nitrogens with zero attached hydrogens (tertiary/aromatic N) is 1. The van der Waals surface area contributed by atoms with Crippen LogP contribution in [0.4, 0.5) is 0 Å². The number of rotatable bonds is 3. The molecule has 6 nitrogen and oxygen atoms in total. The number of hydrogen-bond acceptors (Lipinski definition) is 5. The minimum atomic E-state index is -0.883. The maximum Gasteiger partial charge on any atom is 0.217 e. The first-order valence-electron chi connectivity index (χ1n) is 10.7. The Labute approximate surface area is 164 Å². The SMILES string of the molecule is CC(=O)N[C@H]1CC[C@@]2(O)[C@H]3Cc4ccc(O)c5c4C2(CCN3CC2CC2)[C@H]1O5. The summed E-state index contributed by atoms with van der Waals surface area (Å²) in [6.45, 7) is 3.54. The molecule has 5 atom stereocenters. The molecule has 150 valence electrons. The lowest BCUT2D eigenvalue weighted by Crippen LogP contribution is -2.78. The molecule has 1 saturated heterocycles. The van der Waals surface area contributed by atoms with Crippen LogP contribution in [-0.2, 0) is 16.6 Å². The Bertz CT molecular complexity index is 868. The highest BCUT2D eigenvalue weighted by Gasteiger charge is 2.73. The predicted octanol–water partition coefficient (Wildman–Crippen LogP) is 1.46. The van der Waals surface area contributed by atoms with Crippen molar-refractivity contribution in [2.24, 2.45) is 5.92 Å². The van der Waals surface area contributed by atoms with E-state index in [0.717, 1.165) is 37.4 Å². The van der Waals surface area contributed by atoms with E-state index in [1.54, 1.807) is 6.07 Å². The van der Waals surface area contributed by atoms with E-state index < -0.39 is 11.0 Å². The average Bonchev–Trinajstić information content (AvgIpc) is 3.38. The summed E-state index contributed by atoms with van der Waals surface area (Å²) in [5.41, 5.74) is 0.766. The summed E-state index contributed by atoms with van der Waals surface area (Å²) in [5.74, 6) is 1.38. The smallest absolute Gasteiger partial charge is 0.217 e. The van der Waals surface area contributed by atoms with E-state index in [9.17, 15) is 15.0 Å². The van der Waals surface area contributed by atoms with Gasteiger partial charge in [0.2, 0.25) is 5.91 Å². The lowest BCUT2D eigenvalue weighted by molar-refractivity contribution is -0.192. The van der Waals surface area contributed by atoms with Crippen LogP contribution < -0.4 is 10.1 Å². The molecular weight excluding hydrogens is 356 g/mol. The number of phenolic OH excluding ortho intramolecular Hbond substituents is 1. The zero-order chi connectivity index (χ0) is 19.3. The molecule has 3 N–H and O–H groups in total. The molecule has 2 heterocycles. The Morgan fingerprint density at radius 1 is 1.32 bits per heavy atom. The predicted molar refractivity (Wildman–Crippen MR) is 102 cm³/mol. The first-order valence-corrected chi connectivity index (χ1v) is 10.7. The van der Waals surface area contributed by atoms with Crippen LogP contribution in [0, 0.1) is 5.92 Å². The first-order chi connectivity index (χ1) is 13.4. The van der Waals surface area contributed by atoms with Crippen LogP contribution in [0.25, 0.3) is 0 Å². The van der Waals surface area contributed by atoms with Crippen LogP contribution in [0.5, 0.6) is 11.5 Å². The number of nitrogens with one attached hydrogen (secondary N) is 1. The molecular formula is C22H28N2O4. The first kappa shape index (κ1) is 17.1. The summed E-state index contributed by atoms with van der Waals surface area (Å²) < 4.78 is 6.37. The lowest BCUT2D eigenvalue weighted by atomic mass is 9.48. The van der Waals surface area contributed by atoms with E-state index in [1.807, 2.05) is 6.07 Å². The summed E-state index contributed by atoms with van der Waals surface area (Å²) in [4.78, 5) is 14.4. The van der Waals surface area contributed by atoms with Gasteiger partial charge in [-0.1, -0.05) is 6.07 Å². The third kappa shape index (κ3) is 1.98. The molecule has 1 unspecified atom stereocenters. The number of phenols is 1. The Hall–Kier alpha value is -1.79. The van der Waals surface area contributed by atoms with E-state index in [-0.39, 0.29) is 29.8 Å². The van der Waals surface area contributed by atoms with Crippen molar-refractivity contribution in [1.29, 1.82) is 0 Å². The van der Waals surface area contributed by atoms with Gasteiger partial charge in [-0.15, -0.1) is 0 Å². The van der Waals surface area contributed by atoms with Crippen LogP contribution in [0.2, 0.25) is 0 Å². The normalized spacial score (nSPS) is 40.6. The minimum absolute atomic E-state index is 0.0747. The van der Waals surface area contributed by atoms with E-state index >= 15 is 0 Å². The third-order valence-corrected chi connectivity index (χ3v) is 8.15. The van der Waals surface area contributed by atoms with E-state index in [0.29, 0.717) is 18.6 Å². The highest BCUT2D eigenvalue weighted by Crippen LogP contribution is 2.65. The number of carbonyl (C=O) groups excluding carboxylic acids is 1. The standard InChI is InChI=1S/C22H28N2O4/c1-12(25)23-15-6-7-22(27)17-10-14-4-5-16(26)19-18(14)21(22,20(15)28-19)8-9-24(17)11-13-2-3-13/h4-5,13,15,17,20,26-27H,2-3,6-11H2,1H3,(H,23,25)/t15-,17+,20-,21?,22+/m0/s1. The number of carbonyl (C=O) groups is 1. The molecule has 2 saturated carbocycles. The quantitative estimate of drug-likeness (QED) is 0.735. The molecule has 0 radical (unpaired) electrons. The lowest BCUT2D eigenvalue weighted by Gasteiger charge is -2.64. The van der Waals surface area contributed by atoms with Crippen molar-refractivity contribution in [3.8, 4) is 11.5 Å². The van der Waals surface area contributed by atoms with E-state index in [2.05, 4.69) is 10.2 Å². The average molecular weight is 384 g/mol. The van der Waals surface area contributed by atoms with Gasteiger partial charge in [-0.05, 0) is 62.6 Å². The van der Waals surface area contributed by atoms with E-state index in [4.69, 9.17) is 4.74 Å². The maximum absolute atomic E-state index is 12.2. The number of piperidine rings is 1. The van der Waals surface area contributed by atoms with Crippen LogP contribution in [0.1, 0.15) is 50.2 Å². The number of hydrogen-bond donors (Lipinski definition) is 3. The number of benzene rings is 1. The Balaban J connectivity index is 1.52. The number of likely N-dealkylation sites (tertiary alicyclic amines) is 1. The molecule has 3 fully saturated rings. The fourth-order valence-corrected chi connectivity index (χ4v) is 6.89. The highest BCUT2D eigenvalue weighted by atomic mass is 16.5. The summed E-state index contributed by atoms with van der Waals surface area (Å²) in [5, 5.41) is 25.8. The van der Waals surface area contributed by atoms with Gasteiger partial charge in [-0.2, -0.15) is 0 Å². The molecule has 1 amide bonds. The van der Waals surface area contributed by atoms with Gasteiger partial charge in [0.05, 0.1) is 17.1 Å². The second-order valence-corrected chi connectivity index (χ2v) is 9.64. The van der Waals surface area contributed by atoms with Crippen molar-refractivity contribution in [3.63, 3.8) is 0 Å². The molecule has 2 aliphatic heterocycles. The molecule has 6 heteroatoms. The summed E-state index contributed by atoms with van der Waals surface area (Å²) >= 11 is 0. The van der Waals surface area contributed by atoms with Gasteiger partial charge in [-0.3, -0.25) is 9.69 Å². The minimum Gasteiger partial charge on any atom is -0.504 e. The van der Waals surface area contributed by atoms with Crippen molar-refractivity contribution in [2.75, 3.05) is 13.1 Å². The van der Waals surface area contributed by atoms with Gasteiger partial charge in [-0.25, -0.2) is 0 Å². The fraction of sp³-hybridized carbons (Fsp3) is 0.682. The molecule has 5 aliphatic rings. The van der Waals surface area contributed by atoms with Crippen molar-refractivity contribution >= 4 is 5.91 Å². The van der Waals surface area contributed by atoms with Crippen molar-refractivity contribution in [1.82, 2.24) is 10.2 Å². The van der Waals surface area contributed by atoms with Gasteiger partial charge in [0, 0.05) is 25.1 Å². The second kappa shape index (κ2) is 5.42. The number of amides is 1. The van der Waals surface area contributed by atoms with Crippen molar-refractivity contribution < 1.29 is 19.7 Å². The van der Waals surface area contributed by atoms with Gasteiger partial charge >= 0.3 is 0 Å². The zero-order valence-corrected chi connectivity index (χ0v) is 16.3. The zero-order valence-electron chi connectivity index (χ0n) is 16.3. The number of ether oxygens (including phenoxy) is 1. The molecule has 3 aliphatic carbocycles. The number of aromatic hydroxyl groups is 1. The molecule has 28 heavy (non-hydrogen) atoms. The van der Waals surface area contributed by atoms with Crippen molar-refractivity contribution in [3.05, 3.63) is 23.3 Å². The van der Waals surface area contributed by atoms with E-state index in [1.165, 1.54) is 25.3 Å². The maximum atomic E-state index is 12.2. The summed E-state index contributed by atoms with van der Waals surface area (Å²) in [6, 6.07) is 3.66. The Morgan fingerprint density at radius 3 is 2.89 bits per heavy atom. The Morgan fingerprint density at radius 2 is 2.14 bits per heavy atom. The van der Waals surface area contributed by atoms with Crippen molar-refractivity contribution in [2.45, 2.75) is 74.7 Å². The monoisotopic (exact) mass is 384 g/mol.